The topological polar surface area (TPSA) is 15.7 Å². The van der Waals surface area contributed by atoms with Gasteiger partial charge in [0.15, 0.2) is 0 Å². The van der Waals surface area contributed by atoms with Crippen molar-refractivity contribution in [1.82, 2.24) is 0 Å². The fourth-order valence-electron chi connectivity index (χ4n) is 7.93. The fraction of sp³-hybridized carbons (Fsp3) is 0. The molecule has 0 N–H and O–H groups in total. The van der Waals surface area contributed by atoms with Crippen LogP contribution in [-0.4, -0.2) is 6.71 Å². The van der Waals surface area contributed by atoms with E-state index in [-0.39, 0.29) is 6.71 Å². The monoisotopic (exact) mass is 664 g/mol. The lowest BCUT2D eigenvalue weighted by Gasteiger charge is -2.40. The molecule has 3 nitrogen and oxygen atoms in total. The van der Waals surface area contributed by atoms with Crippen LogP contribution in [0.15, 0.2) is 200 Å². The Bertz CT molecular complexity index is 2450. The zero-order valence-electron chi connectivity index (χ0n) is 28.4. The van der Waals surface area contributed by atoms with Crippen molar-refractivity contribution in [3.05, 3.63) is 200 Å². The maximum atomic E-state index is 6.89. The molecule has 0 atom stereocenters. The average Bonchev–Trinajstić information content (AvgIpc) is 3.22. The largest absolute Gasteiger partial charge is 0.458 e. The summed E-state index contributed by atoms with van der Waals surface area (Å²) >= 11 is 0. The van der Waals surface area contributed by atoms with Gasteiger partial charge in [-0.05, 0) is 99.3 Å². The minimum Gasteiger partial charge on any atom is -0.458 e. The van der Waals surface area contributed by atoms with Crippen molar-refractivity contribution in [2.45, 2.75) is 0 Å². The van der Waals surface area contributed by atoms with Crippen molar-refractivity contribution in [1.29, 1.82) is 0 Å². The minimum absolute atomic E-state index is 0.0453. The normalized spacial score (nSPS) is 12.3. The Balaban J connectivity index is 1.09. The third kappa shape index (κ3) is 5.08. The number of fused-ring (bicyclic) bond motifs is 4. The molecule has 8 aromatic rings. The van der Waals surface area contributed by atoms with Crippen molar-refractivity contribution in [2.75, 3.05) is 9.80 Å². The molecule has 0 unspecified atom stereocenters. The molecule has 0 radical (unpaired) electrons. The molecule has 2 heterocycles. The molecule has 0 aliphatic carbocycles. The highest BCUT2D eigenvalue weighted by Gasteiger charge is 2.41. The third-order valence-corrected chi connectivity index (χ3v) is 10.3. The second kappa shape index (κ2) is 12.5. The van der Waals surface area contributed by atoms with Crippen molar-refractivity contribution in [3.8, 4) is 33.8 Å². The Morgan fingerprint density at radius 1 is 0.385 bits per heavy atom. The van der Waals surface area contributed by atoms with E-state index in [0.717, 1.165) is 39.9 Å². The first-order valence-electron chi connectivity index (χ1n) is 17.8. The number of hydrogen-bond acceptors (Lipinski definition) is 3. The van der Waals surface area contributed by atoms with Gasteiger partial charge in [0.05, 0.1) is 0 Å². The molecule has 0 saturated carbocycles. The predicted octanol–water partition coefficient (Wildman–Crippen LogP) is 10.9. The third-order valence-electron chi connectivity index (χ3n) is 10.3. The summed E-state index contributed by atoms with van der Waals surface area (Å²) in [6, 6.07) is 71.3. The first-order chi connectivity index (χ1) is 25.8. The summed E-state index contributed by atoms with van der Waals surface area (Å²) in [6.07, 6.45) is 0. The summed E-state index contributed by atoms with van der Waals surface area (Å²) in [5.41, 5.74) is 15.1. The van der Waals surface area contributed by atoms with Gasteiger partial charge in [-0.3, -0.25) is 0 Å². The number of rotatable bonds is 6. The van der Waals surface area contributed by atoms with E-state index in [9.17, 15) is 0 Å². The van der Waals surface area contributed by atoms with Gasteiger partial charge in [0.1, 0.15) is 11.5 Å². The van der Waals surface area contributed by atoms with E-state index in [1.165, 1.54) is 44.3 Å². The molecule has 2 aliphatic heterocycles. The summed E-state index contributed by atoms with van der Waals surface area (Å²) < 4.78 is 6.89. The van der Waals surface area contributed by atoms with Gasteiger partial charge in [0.2, 0.25) is 0 Å². The maximum Gasteiger partial charge on any atom is 0.256 e. The van der Waals surface area contributed by atoms with Crippen LogP contribution in [0.3, 0.4) is 0 Å². The smallest absolute Gasteiger partial charge is 0.256 e. The van der Waals surface area contributed by atoms with E-state index in [1.54, 1.807) is 0 Å². The number of para-hydroxylation sites is 2. The van der Waals surface area contributed by atoms with E-state index < -0.39 is 0 Å². The molecule has 2 aliphatic rings. The Morgan fingerprint density at radius 3 is 1.54 bits per heavy atom. The lowest BCUT2D eigenvalue weighted by Crippen LogP contribution is -2.59. The van der Waals surface area contributed by atoms with Gasteiger partial charge in [-0.2, -0.15) is 0 Å². The highest BCUT2D eigenvalue weighted by Crippen LogP contribution is 2.43. The molecular weight excluding hydrogens is 631 g/mol. The minimum atomic E-state index is 0.0453. The summed E-state index contributed by atoms with van der Waals surface area (Å²) in [7, 11) is 0. The van der Waals surface area contributed by atoms with Crippen LogP contribution >= 0.6 is 0 Å². The highest BCUT2D eigenvalue weighted by atomic mass is 16.5. The molecule has 8 aromatic carbocycles. The molecule has 4 heteroatoms. The maximum absolute atomic E-state index is 6.89. The quantitative estimate of drug-likeness (QED) is 0.165. The average molecular weight is 665 g/mol. The van der Waals surface area contributed by atoms with Gasteiger partial charge >= 0.3 is 0 Å². The molecule has 0 aromatic heterocycles. The van der Waals surface area contributed by atoms with Crippen LogP contribution in [0.5, 0.6) is 11.5 Å². The molecule has 244 valence electrons. The van der Waals surface area contributed by atoms with Gasteiger partial charge in [0, 0.05) is 40.2 Å². The molecule has 52 heavy (non-hydrogen) atoms. The molecule has 0 bridgehead atoms. The Kier molecular flexibility index (Phi) is 7.25. The van der Waals surface area contributed by atoms with Crippen LogP contribution in [0.25, 0.3) is 22.3 Å². The van der Waals surface area contributed by atoms with E-state index in [4.69, 9.17) is 4.74 Å². The zero-order valence-corrected chi connectivity index (χ0v) is 28.4. The molecule has 0 spiro atoms. The van der Waals surface area contributed by atoms with Crippen LogP contribution in [0, 0.1) is 0 Å². The number of anilines is 6. The van der Waals surface area contributed by atoms with Crippen molar-refractivity contribution < 1.29 is 4.74 Å². The highest BCUT2D eigenvalue weighted by molar-refractivity contribution is 6.99. The summed E-state index contributed by atoms with van der Waals surface area (Å²) in [5, 5.41) is 0. The summed E-state index contributed by atoms with van der Waals surface area (Å²) in [4.78, 5) is 4.69. The molecular formula is C48H33BN2O. The van der Waals surface area contributed by atoms with Crippen LogP contribution in [0.4, 0.5) is 34.1 Å². The Morgan fingerprint density at radius 2 is 0.904 bits per heavy atom. The van der Waals surface area contributed by atoms with Gasteiger partial charge in [-0.1, -0.05) is 133 Å². The molecule has 0 amide bonds. The standard InChI is InChI=1S/C48H33BN2O/c1-4-13-34(14-5-1)36-23-27-39(28-24-36)50(40-29-25-37(26-30-40)35-15-6-2-7-16-35)41-31-32-43-47(33-41)52-46-22-12-21-45-48(46)49(43)42-19-10-11-20-44(42)51(45)38-17-8-3-9-18-38/h1-33H. The van der Waals surface area contributed by atoms with Crippen LogP contribution in [0.1, 0.15) is 0 Å². The van der Waals surface area contributed by atoms with E-state index in [0.29, 0.717) is 0 Å². The Hall–Kier alpha value is -6.78. The second-order valence-electron chi connectivity index (χ2n) is 13.3. The van der Waals surface area contributed by atoms with Gasteiger partial charge in [-0.15, -0.1) is 0 Å². The number of benzene rings is 8. The van der Waals surface area contributed by atoms with Crippen LogP contribution in [0.2, 0.25) is 0 Å². The first-order valence-corrected chi connectivity index (χ1v) is 17.8. The van der Waals surface area contributed by atoms with E-state index >= 15 is 0 Å². The van der Waals surface area contributed by atoms with Gasteiger partial charge in [0.25, 0.3) is 6.71 Å². The van der Waals surface area contributed by atoms with E-state index in [2.05, 4.69) is 210 Å². The summed E-state index contributed by atoms with van der Waals surface area (Å²) in [6.45, 7) is 0.0453. The Labute approximate surface area is 304 Å². The number of ether oxygens (including phenoxy) is 1. The van der Waals surface area contributed by atoms with Gasteiger partial charge < -0.3 is 14.5 Å². The lowest BCUT2D eigenvalue weighted by molar-refractivity contribution is 0.487. The van der Waals surface area contributed by atoms with Gasteiger partial charge in [-0.25, -0.2) is 0 Å². The molecule has 10 rings (SSSR count). The lowest BCUT2D eigenvalue weighted by atomic mass is 9.34. The number of nitrogens with zero attached hydrogens (tertiary/aromatic N) is 2. The first kappa shape index (κ1) is 30.1. The second-order valence-corrected chi connectivity index (χ2v) is 13.3. The molecule has 0 saturated heterocycles. The van der Waals surface area contributed by atoms with Crippen LogP contribution < -0.4 is 30.9 Å². The molecule has 0 fully saturated rings. The van der Waals surface area contributed by atoms with Crippen molar-refractivity contribution in [3.63, 3.8) is 0 Å². The zero-order chi connectivity index (χ0) is 34.4. The van der Waals surface area contributed by atoms with Crippen molar-refractivity contribution >= 4 is 57.2 Å². The fourth-order valence-corrected chi connectivity index (χ4v) is 7.93. The SMILES string of the molecule is c1ccc(-c2ccc(N(c3ccc(-c4ccccc4)cc3)c3ccc4c(c3)Oc3cccc5c3B4c3ccccc3N5c3ccccc3)cc2)cc1. The summed E-state index contributed by atoms with van der Waals surface area (Å²) in [5.74, 6) is 1.77. The van der Waals surface area contributed by atoms with E-state index in [1.807, 2.05) is 0 Å². The van der Waals surface area contributed by atoms with Crippen LogP contribution in [-0.2, 0) is 0 Å². The number of hydrogen-bond donors (Lipinski definition) is 0. The predicted molar refractivity (Wildman–Crippen MR) is 218 cm³/mol. The van der Waals surface area contributed by atoms with Crippen molar-refractivity contribution in [2.24, 2.45) is 0 Å².